The van der Waals surface area contributed by atoms with Crippen LogP contribution in [0.4, 0.5) is 11.4 Å². The van der Waals surface area contributed by atoms with E-state index in [2.05, 4.69) is 20.7 Å². The second-order valence-corrected chi connectivity index (χ2v) is 8.02. The number of aromatic nitrogens is 3. The maximum absolute atomic E-state index is 12.9. The predicted molar refractivity (Wildman–Crippen MR) is 133 cm³/mol. The van der Waals surface area contributed by atoms with Crippen molar-refractivity contribution >= 4 is 28.8 Å². The van der Waals surface area contributed by atoms with Gasteiger partial charge in [-0.05, 0) is 62.6 Å². The quantitative estimate of drug-likeness (QED) is 0.404. The van der Waals surface area contributed by atoms with Crippen LogP contribution in [0.5, 0.6) is 11.5 Å². The molecule has 4 aromatic rings. The van der Waals surface area contributed by atoms with Crippen LogP contribution in [0.2, 0.25) is 0 Å². The van der Waals surface area contributed by atoms with E-state index in [-0.39, 0.29) is 24.1 Å². The van der Waals surface area contributed by atoms with E-state index in [1.807, 2.05) is 38.4 Å². The molecule has 10 heteroatoms. The normalized spacial score (nSPS) is 10.9. The Morgan fingerprint density at radius 3 is 2.26 bits per heavy atom. The Morgan fingerprint density at radius 1 is 0.914 bits per heavy atom. The van der Waals surface area contributed by atoms with E-state index in [0.717, 1.165) is 11.3 Å². The molecule has 2 aromatic heterocycles. The first kappa shape index (κ1) is 23.7. The molecule has 0 fully saturated rings. The molecular formula is C25H26N6O4. The van der Waals surface area contributed by atoms with Gasteiger partial charge in [0.1, 0.15) is 0 Å². The molecule has 4 rings (SSSR count). The standard InChI is InChI=1S/C25H26N6O4/c1-30(2)15-24(32)27-17-6-8-18(9-7-17)28-25(33)19-14-23-26-12-11-20(31(23)29-19)16-5-10-21(34-3)22(13-16)35-4/h5-14H,15H2,1-4H3,(H,27,32)(H,28,33). The number of ether oxygens (including phenoxy) is 2. The lowest BCUT2D eigenvalue weighted by molar-refractivity contribution is -0.116. The van der Waals surface area contributed by atoms with Gasteiger partial charge in [-0.15, -0.1) is 0 Å². The predicted octanol–water partition coefficient (Wildman–Crippen LogP) is 3.17. The van der Waals surface area contributed by atoms with Crippen LogP contribution in [0.15, 0.2) is 60.8 Å². The van der Waals surface area contributed by atoms with E-state index in [1.54, 1.807) is 60.2 Å². The molecule has 2 aromatic carbocycles. The molecule has 0 atom stereocenters. The Labute approximate surface area is 202 Å². The highest BCUT2D eigenvalue weighted by Gasteiger charge is 2.16. The maximum Gasteiger partial charge on any atom is 0.276 e. The lowest BCUT2D eigenvalue weighted by Crippen LogP contribution is -2.27. The Hall–Kier alpha value is -4.44. The molecule has 0 aliphatic rings. The van der Waals surface area contributed by atoms with Gasteiger partial charge >= 0.3 is 0 Å². The highest BCUT2D eigenvalue weighted by molar-refractivity contribution is 6.03. The van der Waals surface area contributed by atoms with Gasteiger partial charge in [0.15, 0.2) is 22.8 Å². The lowest BCUT2D eigenvalue weighted by Gasteiger charge is -2.10. The van der Waals surface area contributed by atoms with Crippen molar-refractivity contribution in [3.8, 4) is 22.8 Å². The second-order valence-electron chi connectivity index (χ2n) is 8.02. The fourth-order valence-electron chi connectivity index (χ4n) is 3.54. The third-order valence-corrected chi connectivity index (χ3v) is 5.16. The summed E-state index contributed by atoms with van der Waals surface area (Å²) in [5.74, 6) is 0.708. The van der Waals surface area contributed by atoms with Crippen molar-refractivity contribution in [2.45, 2.75) is 0 Å². The lowest BCUT2D eigenvalue weighted by atomic mass is 10.1. The number of benzene rings is 2. The number of likely N-dealkylation sites (N-methyl/N-ethyl adjacent to an activating group) is 1. The number of amides is 2. The SMILES string of the molecule is COc1ccc(-c2ccnc3cc(C(=O)Nc4ccc(NC(=O)CN(C)C)cc4)nn23)cc1OC. The fourth-order valence-corrected chi connectivity index (χ4v) is 3.54. The molecule has 0 saturated heterocycles. The van der Waals surface area contributed by atoms with Gasteiger partial charge in [0.05, 0.1) is 26.5 Å². The first-order chi connectivity index (χ1) is 16.9. The number of hydrogen-bond donors (Lipinski definition) is 2. The Bertz CT molecular complexity index is 1360. The van der Waals surface area contributed by atoms with Crippen LogP contribution in [0.25, 0.3) is 16.9 Å². The van der Waals surface area contributed by atoms with Crippen molar-refractivity contribution in [2.24, 2.45) is 0 Å². The number of nitrogens with one attached hydrogen (secondary N) is 2. The summed E-state index contributed by atoms with van der Waals surface area (Å²) in [6.07, 6.45) is 1.66. The Balaban J connectivity index is 1.53. The Morgan fingerprint density at radius 2 is 1.60 bits per heavy atom. The van der Waals surface area contributed by atoms with Gasteiger partial charge in [-0.3, -0.25) is 9.59 Å². The molecule has 2 amide bonds. The average molecular weight is 475 g/mol. The monoisotopic (exact) mass is 474 g/mol. The van der Waals surface area contributed by atoms with E-state index in [0.29, 0.717) is 28.5 Å². The molecule has 0 aliphatic carbocycles. The molecule has 35 heavy (non-hydrogen) atoms. The molecule has 0 unspecified atom stereocenters. The molecule has 0 radical (unpaired) electrons. The molecule has 2 heterocycles. The van der Waals surface area contributed by atoms with Crippen molar-refractivity contribution in [2.75, 3.05) is 45.5 Å². The topological polar surface area (TPSA) is 110 Å². The van der Waals surface area contributed by atoms with Crippen LogP contribution in [0.1, 0.15) is 10.5 Å². The van der Waals surface area contributed by atoms with Crippen LogP contribution in [0.3, 0.4) is 0 Å². The highest BCUT2D eigenvalue weighted by Crippen LogP contribution is 2.32. The smallest absolute Gasteiger partial charge is 0.276 e. The van der Waals surface area contributed by atoms with Crippen molar-refractivity contribution in [1.29, 1.82) is 0 Å². The van der Waals surface area contributed by atoms with E-state index in [4.69, 9.17) is 9.47 Å². The van der Waals surface area contributed by atoms with Gasteiger partial charge in [0, 0.05) is 29.2 Å². The third kappa shape index (κ3) is 5.39. The molecule has 0 spiro atoms. The number of carbonyl (C=O) groups is 2. The van der Waals surface area contributed by atoms with E-state index < -0.39 is 0 Å². The van der Waals surface area contributed by atoms with E-state index >= 15 is 0 Å². The molecule has 10 nitrogen and oxygen atoms in total. The van der Waals surface area contributed by atoms with Crippen molar-refractivity contribution in [3.63, 3.8) is 0 Å². The minimum absolute atomic E-state index is 0.116. The first-order valence-corrected chi connectivity index (χ1v) is 10.8. The van der Waals surface area contributed by atoms with Crippen LogP contribution in [0, 0.1) is 0 Å². The zero-order valence-electron chi connectivity index (χ0n) is 19.9. The molecule has 180 valence electrons. The number of nitrogens with zero attached hydrogens (tertiary/aromatic N) is 4. The van der Waals surface area contributed by atoms with Crippen LogP contribution in [-0.2, 0) is 4.79 Å². The number of anilines is 2. The molecule has 0 saturated carbocycles. The molecule has 0 aliphatic heterocycles. The van der Waals surface area contributed by atoms with Gasteiger partial charge < -0.3 is 25.0 Å². The van der Waals surface area contributed by atoms with E-state index in [1.165, 1.54) is 0 Å². The van der Waals surface area contributed by atoms with Crippen LogP contribution >= 0.6 is 0 Å². The maximum atomic E-state index is 12.9. The van der Waals surface area contributed by atoms with Gasteiger partial charge in [-0.1, -0.05) is 0 Å². The summed E-state index contributed by atoms with van der Waals surface area (Å²) < 4.78 is 12.3. The molecular weight excluding hydrogens is 448 g/mol. The third-order valence-electron chi connectivity index (χ3n) is 5.16. The summed E-state index contributed by atoms with van der Waals surface area (Å²) >= 11 is 0. The van der Waals surface area contributed by atoms with Gasteiger partial charge in [0.2, 0.25) is 5.91 Å². The van der Waals surface area contributed by atoms with Crippen molar-refractivity contribution < 1.29 is 19.1 Å². The summed E-state index contributed by atoms with van der Waals surface area (Å²) in [4.78, 5) is 30.9. The van der Waals surface area contributed by atoms with E-state index in [9.17, 15) is 9.59 Å². The number of rotatable bonds is 8. The number of hydrogen-bond acceptors (Lipinski definition) is 7. The van der Waals surface area contributed by atoms with Gasteiger partial charge in [-0.2, -0.15) is 5.10 Å². The largest absolute Gasteiger partial charge is 0.493 e. The zero-order chi connectivity index (χ0) is 24.9. The minimum Gasteiger partial charge on any atom is -0.493 e. The summed E-state index contributed by atoms with van der Waals surface area (Å²) in [5, 5.41) is 10.1. The first-order valence-electron chi connectivity index (χ1n) is 10.8. The summed E-state index contributed by atoms with van der Waals surface area (Å²) in [6, 6.07) is 15.8. The van der Waals surface area contributed by atoms with Crippen LogP contribution in [-0.4, -0.2) is 66.2 Å². The van der Waals surface area contributed by atoms with Gasteiger partial charge in [0.25, 0.3) is 5.91 Å². The average Bonchev–Trinajstić information content (AvgIpc) is 3.29. The zero-order valence-corrected chi connectivity index (χ0v) is 19.9. The summed E-state index contributed by atoms with van der Waals surface area (Å²) in [7, 11) is 6.80. The molecule has 2 N–H and O–H groups in total. The molecule has 0 bridgehead atoms. The van der Waals surface area contributed by atoms with Gasteiger partial charge in [-0.25, -0.2) is 9.50 Å². The Kier molecular flexibility index (Phi) is 6.93. The van der Waals surface area contributed by atoms with Crippen LogP contribution < -0.4 is 20.1 Å². The fraction of sp³-hybridized carbons (Fsp3) is 0.200. The second kappa shape index (κ2) is 10.2. The number of carbonyl (C=O) groups excluding carboxylic acids is 2. The van der Waals surface area contributed by atoms with Crippen molar-refractivity contribution in [1.82, 2.24) is 19.5 Å². The number of methoxy groups -OCH3 is 2. The minimum atomic E-state index is -0.377. The summed E-state index contributed by atoms with van der Waals surface area (Å²) in [5.41, 5.74) is 3.54. The highest BCUT2D eigenvalue weighted by atomic mass is 16.5. The van der Waals surface area contributed by atoms with Crippen molar-refractivity contribution in [3.05, 3.63) is 66.5 Å². The number of fused-ring (bicyclic) bond motifs is 1. The summed E-state index contributed by atoms with van der Waals surface area (Å²) in [6.45, 7) is 0.283.